The van der Waals surface area contributed by atoms with Crippen molar-refractivity contribution < 1.29 is 13.9 Å². The van der Waals surface area contributed by atoms with Gasteiger partial charge in [0.15, 0.2) is 6.29 Å². The van der Waals surface area contributed by atoms with Gasteiger partial charge in [0, 0.05) is 0 Å². The Morgan fingerprint density at radius 2 is 1.81 bits per heavy atom. The minimum Gasteiger partial charge on any atom is -0.457 e. The average molecular weight is 286 g/mol. The molecule has 2 aromatic rings. The first-order valence-electron chi connectivity index (χ1n) is 7.00. The SMILES string of the molecule is CCC(C)(C)c1ccc(Oc2cccc(F)c2C=O)cc1. The molecule has 0 atom stereocenters. The van der Waals surface area contributed by atoms with Crippen LogP contribution in [-0.4, -0.2) is 6.29 Å². The average Bonchev–Trinajstić information content (AvgIpc) is 2.48. The summed E-state index contributed by atoms with van der Waals surface area (Å²) in [6, 6.07) is 12.0. The fourth-order valence-corrected chi connectivity index (χ4v) is 2.03. The highest BCUT2D eigenvalue weighted by Crippen LogP contribution is 2.30. The molecule has 0 heterocycles. The molecule has 21 heavy (non-hydrogen) atoms. The molecule has 2 nitrogen and oxygen atoms in total. The van der Waals surface area contributed by atoms with E-state index in [4.69, 9.17) is 4.74 Å². The van der Waals surface area contributed by atoms with Crippen LogP contribution in [0.3, 0.4) is 0 Å². The smallest absolute Gasteiger partial charge is 0.156 e. The Morgan fingerprint density at radius 1 is 1.14 bits per heavy atom. The van der Waals surface area contributed by atoms with Gasteiger partial charge in [-0.1, -0.05) is 39.0 Å². The van der Waals surface area contributed by atoms with Gasteiger partial charge in [0.25, 0.3) is 0 Å². The minimum absolute atomic E-state index is 0.0598. The normalized spacial score (nSPS) is 11.2. The van der Waals surface area contributed by atoms with E-state index in [9.17, 15) is 9.18 Å². The number of carbonyl (C=O) groups excluding carboxylic acids is 1. The molecule has 0 saturated heterocycles. The summed E-state index contributed by atoms with van der Waals surface area (Å²) in [6.45, 7) is 6.51. The first-order chi connectivity index (χ1) is 9.97. The highest BCUT2D eigenvalue weighted by atomic mass is 19.1. The molecule has 0 fully saturated rings. The lowest BCUT2D eigenvalue weighted by molar-refractivity contribution is 0.111. The number of hydrogen-bond donors (Lipinski definition) is 0. The quantitative estimate of drug-likeness (QED) is 0.713. The fraction of sp³-hybridized carbons (Fsp3) is 0.278. The van der Waals surface area contributed by atoms with Crippen LogP contribution >= 0.6 is 0 Å². The van der Waals surface area contributed by atoms with Crippen LogP contribution in [0.1, 0.15) is 43.1 Å². The summed E-state index contributed by atoms with van der Waals surface area (Å²) < 4.78 is 19.1. The Bertz CT molecular complexity index is 630. The summed E-state index contributed by atoms with van der Waals surface area (Å²) >= 11 is 0. The summed E-state index contributed by atoms with van der Waals surface area (Å²) in [6.07, 6.45) is 1.51. The maximum atomic E-state index is 13.5. The Labute approximate surface area is 124 Å². The van der Waals surface area contributed by atoms with Crippen LogP contribution in [0.25, 0.3) is 0 Å². The van der Waals surface area contributed by atoms with Crippen molar-refractivity contribution in [3.05, 3.63) is 59.4 Å². The zero-order valence-corrected chi connectivity index (χ0v) is 12.5. The minimum atomic E-state index is -0.578. The van der Waals surface area contributed by atoms with Crippen molar-refractivity contribution in [1.82, 2.24) is 0 Å². The first kappa shape index (κ1) is 15.2. The van der Waals surface area contributed by atoms with E-state index in [-0.39, 0.29) is 16.7 Å². The third-order valence-electron chi connectivity index (χ3n) is 3.88. The summed E-state index contributed by atoms with van der Waals surface area (Å²) in [7, 11) is 0. The van der Waals surface area contributed by atoms with Gasteiger partial charge < -0.3 is 4.74 Å². The lowest BCUT2D eigenvalue weighted by Crippen LogP contribution is -2.14. The van der Waals surface area contributed by atoms with Gasteiger partial charge in [0.2, 0.25) is 0 Å². The van der Waals surface area contributed by atoms with Gasteiger partial charge in [-0.2, -0.15) is 0 Å². The second kappa shape index (κ2) is 6.08. The third kappa shape index (κ3) is 3.30. The van der Waals surface area contributed by atoms with Crippen LogP contribution in [0.15, 0.2) is 42.5 Å². The zero-order valence-electron chi connectivity index (χ0n) is 12.5. The van der Waals surface area contributed by atoms with E-state index < -0.39 is 5.82 Å². The van der Waals surface area contributed by atoms with Gasteiger partial charge in [-0.25, -0.2) is 4.39 Å². The fourth-order valence-electron chi connectivity index (χ4n) is 2.03. The lowest BCUT2D eigenvalue weighted by atomic mass is 9.82. The van der Waals surface area contributed by atoms with Crippen molar-refractivity contribution in [3.63, 3.8) is 0 Å². The molecule has 2 rings (SSSR count). The van der Waals surface area contributed by atoms with Gasteiger partial charge in [-0.3, -0.25) is 4.79 Å². The molecule has 0 amide bonds. The van der Waals surface area contributed by atoms with E-state index in [2.05, 4.69) is 20.8 Å². The van der Waals surface area contributed by atoms with Crippen LogP contribution in [0.2, 0.25) is 0 Å². The van der Waals surface area contributed by atoms with Crippen molar-refractivity contribution in [1.29, 1.82) is 0 Å². The number of aldehydes is 1. The van der Waals surface area contributed by atoms with Gasteiger partial charge in [0.1, 0.15) is 17.3 Å². The van der Waals surface area contributed by atoms with E-state index in [0.717, 1.165) is 6.42 Å². The zero-order chi connectivity index (χ0) is 15.5. The van der Waals surface area contributed by atoms with Crippen LogP contribution in [-0.2, 0) is 5.41 Å². The van der Waals surface area contributed by atoms with Crippen LogP contribution < -0.4 is 4.74 Å². The Balaban J connectivity index is 2.26. The summed E-state index contributed by atoms with van der Waals surface area (Å²) in [5.41, 5.74) is 1.26. The standard InChI is InChI=1S/C18H19FO2/c1-4-18(2,3)13-8-10-14(11-9-13)21-17-7-5-6-16(19)15(17)12-20/h5-12H,4H2,1-3H3. The number of ether oxygens (including phenoxy) is 1. The maximum Gasteiger partial charge on any atom is 0.156 e. The van der Waals surface area contributed by atoms with Gasteiger partial charge >= 0.3 is 0 Å². The van der Waals surface area contributed by atoms with Crippen LogP contribution in [0.5, 0.6) is 11.5 Å². The number of hydrogen-bond acceptors (Lipinski definition) is 2. The second-order valence-electron chi connectivity index (χ2n) is 5.63. The van der Waals surface area contributed by atoms with Crippen molar-refractivity contribution in [2.24, 2.45) is 0 Å². The molecule has 0 aliphatic carbocycles. The molecule has 110 valence electrons. The molecule has 0 saturated carbocycles. The van der Waals surface area contributed by atoms with E-state index >= 15 is 0 Å². The number of halogens is 1. The van der Waals surface area contributed by atoms with E-state index in [1.807, 2.05) is 24.3 Å². The third-order valence-corrected chi connectivity index (χ3v) is 3.88. The maximum absolute atomic E-state index is 13.5. The predicted molar refractivity (Wildman–Crippen MR) is 81.6 cm³/mol. The largest absolute Gasteiger partial charge is 0.457 e. The highest BCUT2D eigenvalue weighted by Gasteiger charge is 2.17. The van der Waals surface area contributed by atoms with Crippen molar-refractivity contribution in [3.8, 4) is 11.5 Å². The molecule has 0 aromatic heterocycles. The van der Waals surface area contributed by atoms with Crippen molar-refractivity contribution >= 4 is 6.29 Å². The summed E-state index contributed by atoms with van der Waals surface area (Å²) in [5.74, 6) is 0.234. The molecule has 0 aliphatic heterocycles. The highest BCUT2D eigenvalue weighted by molar-refractivity contribution is 5.79. The molecule has 0 aliphatic rings. The van der Waals surface area contributed by atoms with Gasteiger partial charge in [-0.15, -0.1) is 0 Å². The molecular formula is C18H19FO2. The molecular weight excluding hydrogens is 267 g/mol. The molecule has 0 bridgehead atoms. The van der Waals surface area contributed by atoms with E-state index in [1.54, 1.807) is 6.07 Å². The summed E-state index contributed by atoms with van der Waals surface area (Å²) in [4.78, 5) is 10.9. The number of carbonyl (C=O) groups is 1. The molecule has 0 N–H and O–H groups in total. The Morgan fingerprint density at radius 3 is 2.38 bits per heavy atom. The van der Waals surface area contributed by atoms with Crippen molar-refractivity contribution in [2.75, 3.05) is 0 Å². The number of benzene rings is 2. The molecule has 0 unspecified atom stereocenters. The first-order valence-corrected chi connectivity index (χ1v) is 7.00. The van der Waals surface area contributed by atoms with Gasteiger partial charge in [0.05, 0.1) is 5.56 Å². The van der Waals surface area contributed by atoms with Crippen molar-refractivity contribution in [2.45, 2.75) is 32.6 Å². The molecule has 0 radical (unpaired) electrons. The summed E-state index contributed by atoms with van der Waals surface area (Å²) in [5, 5.41) is 0. The topological polar surface area (TPSA) is 26.3 Å². The Kier molecular flexibility index (Phi) is 4.41. The molecule has 3 heteroatoms. The molecule has 0 spiro atoms. The van der Waals surface area contributed by atoms with E-state index in [1.165, 1.54) is 17.7 Å². The second-order valence-corrected chi connectivity index (χ2v) is 5.63. The lowest BCUT2D eigenvalue weighted by Gasteiger charge is -2.23. The van der Waals surface area contributed by atoms with E-state index in [0.29, 0.717) is 12.0 Å². The molecule has 2 aromatic carbocycles. The number of rotatable bonds is 5. The van der Waals surface area contributed by atoms with Gasteiger partial charge in [-0.05, 0) is 41.7 Å². The monoisotopic (exact) mass is 286 g/mol. The Hall–Kier alpha value is -2.16. The van der Waals surface area contributed by atoms with Crippen LogP contribution in [0, 0.1) is 5.82 Å². The van der Waals surface area contributed by atoms with Crippen LogP contribution in [0.4, 0.5) is 4.39 Å². The predicted octanol–water partition coefficient (Wildman–Crippen LogP) is 5.12.